The average molecular weight is 1530 g/mol. The van der Waals surface area contributed by atoms with Crippen LogP contribution in [-0.2, 0) is 74.6 Å². The molecule has 2 aromatic heterocycles. The number of nitrogens with one attached hydrogen (secondary N) is 5. The van der Waals surface area contributed by atoms with Crippen LogP contribution in [0.25, 0.3) is 33.3 Å². The molecule has 3 fully saturated rings. The van der Waals surface area contributed by atoms with E-state index in [0.717, 1.165) is 56.5 Å². The number of phosphoric acid groups is 3. The highest BCUT2D eigenvalue weighted by Gasteiger charge is 2.46. The number of phosphoric ester groups is 1. The fourth-order valence-electron chi connectivity index (χ4n) is 14.0. The number of hydrogen-bond donors (Lipinski definition) is 11. The van der Waals surface area contributed by atoms with Crippen LogP contribution >= 0.6 is 35.4 Å². The molecule has 3 saturated heterocycles. The molecule has 2 aliphatic carbocycles. The summed E-state index contributed by atoms with van der Waals surface area (Å²) in [5, 5.41) is 22.0. The van der Waals surface area contributed by atoms with Gasteiger partial charge in [-0.05, 0) is 115 Å². The zero-order valence-electron chi connectivity index (χ0n) is 57.0. The van der Waals surface area contributed by atoms with Gasteiger partial charge in [-0.15, -0.1) is 0 Å². The van der Waals surface area contributed by atoms with Crippen LogP contribution in [0.1, 0.15) is 130 Å². The summed E-state index contributed by atoms with van der Waals surface area (Å²) in [5.41, 5.74) is 13.3. The molecule has 4 aromatic carbocycles. The van der Waals surface area contributed by atoms with Gasteiger partial charge in [0.15, 0.2) is 0 Å². The molecule has 3 aliphatic heterocycles. The van der Waals surface area contributed by atoms with Gasteiger partial charge in [-0.2, -0.15) is 8.62 Å². The first-order valence-electron chi connectivity index (χ1n) is 34.2. The first kappa shape index (κ1) is 77.6. The Morgan fingerprint density at radius 2 is 1.27 bits per heavy atom. The Balaban J connectivity index is 0.741. The van der Waals surface area contributed by atoms with Crippen LogP contribution in [0, 0.1) is 0 Å². The van der Waals surface area contributed by atoms with E-state index in [1.165, 1.54) is 20.0 Å². The molecule has 33 nitrogen and oxygen atoms in total. The van der Waals surface area contributed by atoms with Crippen LogP contribution in [0.3, 0.4) is 0 Å². The van der Waals surface area contributed by atoms with Gasteiger partial charge in [0.25, 0.3) is 5.56 Å². The lowest BCUT2D eigenvalue weighted by Crippen LogP contribution is -2.58. The van der Waals surface area contributed by atoms with Crippen LogP contribution < -0.4 is 32.6 Å². The molecule has 6 amide bonds. The van der Waals surface area contributed by atoms with Crippen molar-refractivity contribution < 1.29 is 104 Å². The van der Waals surface area contributed by atoms with Gasteiger partial charge in [-0.3, -0.25) is 47.0 Å². The number of alkyl carbamates (subject to hydrolysis) is 1. The zero-order chi connectivity index (χ0) is 75.1. The molecule has 12 N–H and O–H groups in total. The average Bonchev–Trinajstić information content (AvgIpc) is 1.63. The lowest BCUT2D eigenvalue weighted by Gasteiger charge is -2.31. The van der Waals surface area contributed by atoms with Crippen LogP contribution in [0.4, 0.5) is 10.7 Å². The number of aliphatic hydroxyl groups is 1. The minimum atomic E-state index is -5.86. The van der Waals surface area contributed by atoms with Crippen LogP contribution in [0.5, 0.6) is 0 Å². The number of ketones is 1. The number of carbonyl (C=O) groups excluding carboxylic acids is 8. The molecule has 0 radical (unpaired) electrons. The molecule has 105 heavy (non-hydrogen) atoms. The minimum absolute atomic E-state index is 0.00226. The number of ether oxygens (including phenoxy) is 3. The van der Waals surface area contributed by atoms with Crippen LogP contribution in [0.15, 0.2) is 108 Å². The summed E-state index contributed by atoms with van der Waals surface area (Å²) in [6.45, 7) is 2.78. The zero-order valence-corrected chi connectivity index (χ0v) is 60.5. The third-order valence-corrected chi connectivity index (χ3v) is 23.8. The van der Waals surface area contributed by atoms with E-state index in [1.54, 1.807) is 6.92 Å². The highest BCUT2D eigenvalue weighted by Crippen LogP contribution is 2.66. The number of anilines is 1. The van der Waals surface area contributed by atoms with Crippen molar-refractivity contribution in [1.82, 2.24) is 45.0 Å². The molecular weight excluding hydrogens is 1450 g/mol. The van der Waals surface area contributed by atoms with Crippen molar-refractivity contribution >= 4 is 99.8 Å². The summed E-state index contributed by atoms with van der Waals surface area (Å²) in [7, 11) is -17.2. The number of aromatic nitrogens is 3. The van der Waals surface area contributed by atoms with Gasteiger partial charge in [0, 0.05) is 74.3 Å². The predicted molar refractivity (Wildman–Crippen MR) is 378 cm³/mol. The fraction of sp³-hybridized carbons (Fsp3) is 0.441. The van der Waals surface area contributed by atoms with E-state index in [-0.39, 0.29) is 112 Å². The maximum Gasteiger partial charge on any atom is 0.490 e. The number of aliphatic hydroxyl groups excluding tert-OH is 1. The lowest BCUT2D eigenvalue weighted by molar-refractivity contribution is -0.154. The Kier molecular flexibility index (Phi) is 24.8. The molecule has 5 aliphatic rings. The van der Waals surface area contributed by atoms with E-state index < -0.39 is 138 Å². The Hall–Kier alpha value is -8.46. The maximum absolute atomic E-state index is 15.1. The Bertz CT molecular complexity index is 4430. The number of carbonyl (C=O) groups is 8. The summed E-state index contributed by atoms with van der Waals surface area (Å²) in [5.74, 6) is -6.50. The number of rotatable bonds is 32. The summed E-state index contributed by atoms with van der Waals surface area (Å²) in [6, 6.07) is 25.6. The number of amides is 6. The van der Waals surface area contributed by atoms with Crippen molar-refractivity contribution in [2.24, 2.45) is 0 Å². The Labute approximate surface area is 605 Å². The van der Waals surface area contributed by atoms with E-state index in [1.807, 2.05) is 104 Å². The van der Waals surface area contributed by atoms with Crippen molar-refractivity contribution in [3.05, 3.63) is 141 Å². The highest BCUT2D eigenvalue weighted by molar-refractivity contribution is 7.98. The molecule has 8 unspecified atom stereocenters. The van der Waals surface area contributed by atoms with Crippen LogP contribution in [-0.4, -0.2) is 183 Å². The molecule has 0 bridgehead atoms. The van der Waals surface area contributed by atoms with Crippen molar-refractivity contribution in [2.45, 2.75) is 145 Å². The second-order valence-corrected chi connectivity index (χ2v) is 31.6. The standard InChI is InChI=1S/C68H81N10O23P3S/c1-3-38(2)71-61(82)51(32-55(80)66(87)96-35-48-43-20-8-4-16-39(43)40-17-5-9-21-44(40)48)73-63(84)53-26-15-30-77(53)65(86)50(24-12-13-28-70-68(88)97-36-49-45-22-10-6-18-41(45)42-19-7-11-23-46(42)49)72-62(83)52-25-14-29-76(52)58(81)27-31-105-78-34-47(59-60(78)64(85)75-67(69)74-59)56-33-54(79)57(99-56)37-98-103(92,93)101-104(94,95)100-102(89,90)91/h4-11,16-23,34,38,48-54,56-57,79H,3,12-15,24-33,35-37H2,1-2H3,(H,70,88)(H,71,82)(H,72,83)(H,73,84)(H,92,93)(H,94,95)(H2,89,90,91)(H3,69,74,75,85)/t38?,50?,51?,52?,53?,54?,56-,57-/m1/s1. The van der Waals surface area contributed by atoms with Crippen molar-refractivity contribution in [2.75, 3.05) is 50.9 Å². The topological polar surface area (TPSA) is 476 Å². The molecular formula is C68H81N10O23P3S. The SMILES string of the molecule is CCC(C)NC(=O)C(CC(=O)C(=O)OCC1c2ccccc2-c2ccccc21)NC(=O)C1CCCN1C(=O)C(CCCCNC(=O)OCC1c2ccccc2-c2ccccc21)NC(=O)C1CCCN1C(=O)CCSn1cc([C@H]2CC(O)[C@@H](COP(=O)(O)OP(=O)(O)OP(=O)(O)O)O2)c2nc(N)[nH]c(=O)c21. The number of benzene rings is 4. The monoisotopic (exact) mass is 1530 g/mol. The largest absolute Gasteiger partial charge is 0.490 e. The van der Waals surface area contributed by atoms with Gasteiger partial charge in [0.2, 0.25) is 41.3 Å². The fourth-order valence-corrected chi connectivity index (χ4v) is 17.9. The van der Waals surface area contributed by atoms with Crippen molar-refractivity contribution in [3.63, 3.8) is 0 Å². The number of fused-ring (bicyclic) bond motifs is 7. The van der Waals surface area contributed by atoms with Gasteiger partial charge in [0.1, 0.15) is 54.5 Å². The number of unbranched alkanes of at least 4 members (excludes halogenated alkanes) is 1. The number of esters is 1. The molecule has 37 heteroatoms. The summed E-state index contributed by atoms with van der Waals surface area (Å²) in [6.07, 6.45) is -2.40. The van der Waals surface area contributed by atoms with E-state index >= 15 is 4.79 Å². The first-order valence-corrected chi connectivity index (χ1v) is 39.7. The number of Topliss-reactive ketones (excluding diaryl/α,β-unsaturated/α-hetero) is 1. The normalized spacial score (nSPS) is 20.4. The number of nitrogens with two attached hydrogens (primary N) is 1. The lowest BCUT2D eigenvalue weighted by atomic mass is 9.98. The number of hydrogen-bond acceptors (Lipinski definition) is 22. The van der Waals surface area contributed by atoms with Gasteiger partial charge >= 0.3 is 35.5 Å². The summed E-state index contributed by atoms with van der Waals surface area (Å²) >= 11 is 0.979. The van der Waals surface area contributed by atoms with Gasteiger partial charge in [-0.25, -0.2) is 28.3 Å². The molecule has 562 valence electrons. The second-order valence-electron chi connectivity index (χ2n) is 26.1. The summed E-state index contributed by atoms with van der Waals surface area (Å²) < 4.78 is 66.2. The molecule has 11 rings (SSSR count). The van der Waals surface area contributed by atoms with E-state index in [9.17, 15) is 66.9 Å². The second kappa shape index (κ2) is 33.5. The quantitative estimate of drug-likeness (QED) is 0.0106. The highest BCUT2D eigenvalue weighted by atomic mass is 32.2. The van der Waals surface area contributed by atoms with E-state index in [2.05, 4.69) is 44.4 Å². The third kappa shape index (κ3) is 18.7. The van der Waals surface area contributed by atoms with Gasteiger partial charge < -0.3 is 75.7 Å². The van der Waals surface area contributed by atoms with Crippen LogP contribution in [0.2, 0.25) is 0 Å². The van der Waals surface area contributed by atoms with Crippen molar-refractivity contribution in [3.8, 4) is 22.3 Å². The smallest absolute Gasteiger partial charge is 0.459 e. The van der Waals surface area contributed by atoms with Gasteiger partial charge in [0.05, 0.1) is 18.8 Å². The molecule has 0 saturated carbocycles. The Morgan fingerprint density at radius 1 is 0.714 bits per heavy atom. The molecule has 5 heterocycles. The maximum atomic E-state index is 15.1. The predicted octanol–water partition coefficient (Wildman–Crippen LogP) is 5.62. The number of nitrogen functional groups attached to an aromatic ring is 1. The Morgan fingerprint density at radius 3 is 1.85 bits per heavy atom. The summed E-state index contributed by atoms with van der Waals surface area (Å²) in [4.78, 5) is 173. The van der Waals surface area contributed by atoms with E-state index in [4.69, 9.17) is 29.7 Å². The van der Waals surface area contributed by atoms with E-state index in [0.29, 0.717) is 25.7 Å². The molecule has 0 spiro atoms. The molecule has 6 aromatic rings. The number of likely N-dealkylation sites (tertiary alicyclic amines) is 2. The molecule has 10 atom stereocenters. The first-order chi connectivity index (χ1) is 50.1. The third-order valence-electron chi connectivity index (χ3n) is 19.1. The van der Waals surface area contributed by atoms with Gasteiger partial charge in [-0.1, -0.05) is 104 Å². The minimum Gasteiger partial charge on any atom is -0.459 e. The number of H-pyrrole nitrogens is 1. The van der Waals surface area contributed by atoms with Crippen molar-refractivity contribution in [1.29, 1.82) is 0 Å². The number of aromatic amines is 1. The number of nitrogens with zero attached hydrogens (tertiary/aromatic N) is 4.